The zero-order valence-corrected chi connectivity index (χ0v) is 11.8. The molecule has 0 aliphatic carbocycles. The van der Waals surface area contributed by atoms with Crippen LogP contribution in [0, 0.1) is 0 Å². The molecule has 0 spiro atoms. The fraction of sp³-hybridized carbons (Fsp3) is 1.00. The molecule has 16 heavy (non-hydrogen) atoms. The number of hydrogen-bond acceptors (Lipinski definition) is 3. The monoisotopic (exact) mass is 230 g/mol. The van der Waals surface area contributed by atoms with E-state index in [9.17, 15) is 0 Å². The number of nitrogens with one attached hydrogen (secondary N) is 1. The highest BCUT2D eigenvalue weighted by Gasteiger charge is 2.17. The average molecular weight is 230 g/mol. The van der Waals surface area contributed by atoms with Crippen molar-refractivity contribution in [2.45, 2.75) is 53.1 Å². The van der Waals surface area contributed by atoms with E-state index in [4.69, 9.17) is 4.74 Å². The molecule has 2 atom stereocenters. The predicted octanol–water partition coefficient (Wildman–Crippen LogP) is 2.12. The van der Waals surface area contributed by atoms with Gasteiger partial charge >= 0.3 is 0 Å². The van der Waals surface area contributed by atoms with Crippen LogP contribution in [0.3, 0.4) is 0 Å². The van der Waals surface area contributed by atoms with Crippen LogP contribution >= 0.6 is 0 Å². The van der Waals surface area contributed by atoms with Gasteiger partial charge in [-0.1, -0.05) is 13.8 Å². The summed E-state index contributed by atoms with van der Waals surface area (Å²) in [6.45, 7) is 15.9. The molecular weight excluding hydrogens is 200 g/mol. The molecule has 3 nitrogen and oxygen atoms in total. The second-order valence-corrected chi connectivity index (χ2v) is 4.31. The molecule has 0 heterocycles. The Labute approximate surface area is 102 Å². The molecule has 0 aliphatic rings. The summed E-state index contributed by atoms with van der Waals surface area (Å²) < 4.78 is 5.41. The maximum Gasteiger partial charge on any atom is 0.0593 e. The molecule has 0 aromatic rings. The van der Waals surface area contributed by atoms with E-state index in [0.29, 0.717) is 12.1 Å². The van der Waals surface area contributed by atoms with E-state index in [1.807, 2.05) is 6.92 Å². The first-order valence-corrected chi connectivity index (χ1v) is 6.72. The standard InChI is InChI=1S/C13H30N2O/c1-6-9-14-12(4)13(5)15(7-2)10-11-16-8-3/h12-14H,6-11H2,1-5H3. The summed E-state index contributed by atoms with van der Waals surface area (Å²) in [4.78, 5) is 2.48. The smallest absolute Gasteiger partial charge is 0.0593 e. The molecule has 0 rings (SSSR count). The number of likely N-dealkylation sites (N-methyl/N-ethyl adjacent to an activating group) is 1. The molecule has 1 N–H and O–H groups in total. The van der Waals surface area contributed by atoms with E-state index >= 15 is 0 Å². The molecule has 0 fully saturated rings. The molecule has 0 aliphatic heterocycles. The van der Waals surface area contributed by atoms with Crippen LogP contribution in [0.4, 0.5) is 0 Å². The van der Waals surface area contributed by atoms with Crippen LogP contribution in [0.15, 0.2) is 0 Å². The van der Waals surface area contributed by atoms with Crippen molar-refractivity contribution in [3.8, 4) is 0 Å². The topological polar surface area (TPSA) is 24.5 Å². The van der Waals surface area contributed by atoms with Gasteiger partial charge < -0.3 is 10.1 Å². The maximum atomic E-state index is 5.41. The Kier molecular flexibility index (Phi) is 9.99. The lowest BCUT2D eigenvalue weighted by Gasteiger charge is -2.32. The van der Waals surface area contributed by atoms with Gasteiger partial charge in [-0.3, -0.25) is 4.90 Å². The zero-order valence-electron chi connectivity index (χ0n) is 11.8. The normalized spacial score (nSPS) is 15.4. The molecule has 0 amide bonds. The Balaban J connectivity index is 3.92. The molecular formula is C13H30N2O. The summed E-state index contributed by atoms with van der Waals surface area (Å²) >= 11 is 0. The Hall–Kier alpha value is -0.120. The number of ether oxygens (including phenoxy) is 1. The lowest BCUT2D eigenvalue weighted by atomic mass is 10.1. The number of nitrogens with zero attached hydrogens (tertiary/aromatic N) is 1. The van der Waals surface area contributed by atoms with Gasteiger partial charge in [0.2, 0.25) is 0 Å². The van der Waals surface area contributed by atoms with E-state index in [1.165, 1.54) is 6.42 Å². The largest absolute Gasteiger partial charge is 0.380 e. The fourth-order valence-corrected chi connectivity index (χ4v) is 1.83. The SMILES string of the molecule is CCCNC(C)C(C)N(CC)CCOCC. The molecule has 0 bridgehead atoms. The van der Waals surface area contributed by atoms with Crippen LogP contribution in [0.5, 0.6) is 0 Å². The summed E-state index contributed by atoms with van der Waals surface area (Å²) in [6, 6.07) is 1.11. The van der Waals surface area contributed by atoms with Crippen molar-refractivity contribution >= 4 is 0 Å². The summed E-state index contributed by atoms with van der Waals surface area (Å²) in [5.74, 6) is 0. The first-order valence-electron chi connectivity index (χ1n) is 6.72. The lowest BCUT2D eigenvalue weighted by Crippen LogP contribution is -2.48. The highest BCUT2D eigenvalue weighted by atomic mass is 16.5. The number of rotatable bonds is 10. The van der Waals surface area contributed by atoms with Gasteiger partial charge in [0.25, 0.3) is 0 Å². The minimum Gasteiger partial charge on any atom is -0.380 e. The quantitative estimate of drug-likeness (QED) is 0.582. The number of hydrogen-bond donors (Lipinski definition) is 1. The minimum atomic E-state index is 0.543. The van der Waals surface area contributed by atoms with Crippen molar-refractivity contribution in [1.82, 2.24) is 10.2 Å². The maximum absolute atomic E-state index is 5.41. The van der Waals surface area contributed by atoms with E-state index in [1.54, 1.807) is 0 Å². The van der Waals surface area contributed by atoms with Crippen LogP contribution in [-0.2, 0) is 4.74 Å². The van der Waals surface area contributed by atoms with Gasteiger partial charge in [0.05, 0.1) is 6.61 Å². The van der Waals surface area contributed by atoms with Crippen molar-refractivity contribution < 1.29 is 4.74 Å². The molecule has 2 unspecified atom stereocenters. The third kappa shape index (κ3) is 6.46. The zero-order chi connectivity index (χ0) is 12.4. The molecule has 3 heteroatoms. The molecule has 0 radical (unpaired) electrons. The van der Waals surface area contributed by atoms with Crippen molar-refractivity contribution in [3.05, 3.63) is 0 Å². The fourth-order valence-electron chi connectivity index (χ4n) is 1.83. The molecule has 98 valence electrons. The van der Waals surface area contributed by atoms with Crippen LogP contribution in [0.2, 0.25) is 0 Å². The van der Waals surface area contributed by atoms with Gasteiger partial charge in [0.15, 0.2) is 0 Å². The highest BCUT2D eigenvalue weighted by Crippen LogP contribution is 2.04. The van der Waals surface area contributed by atoms with Crippen molar-refractivity contribution in [2.24, 2.45) is 0 Å². The predicted molar refractivity (Wildman–Crippen MR) is 71.0 cm³/mol. The van der Waals surface area contributed by atoms with Gasteiger partial charge in [-0.25, -0.2) is 0 Å². The van der Waals surface area contributed by atoms with Crippen molar-refractivity contribution in [1.29, 1.82) is 0 Å². The molecule has 0 aromatic heterocycles. The first kappa shape index (κ1) is 15.9. The Morgan fingerprint density at radius 1 is 1.19 bits per heavy atom. The van der Waals surface area contributed by atoms with E-state index in [0.717, 1.165) is 32.8 Å². The summed E-state index contributed by atoms with van der Waals surface area (Å²) in [5.41, 5.74) is 0. The molecule has 0 aromatic carbocycles. The van der Waals surface area contributed by atoms with E-state index in [2.05, 4.69) is 37.9 Å². The summed E-state index contributed by atoms with van der Waals surface area (Å²) in [6.07, 6.45) is 1.20. The Morgan fingerprint density at radius 3 is 2.38 bits per heavy atom. The van der Waals surface area contributed by atoms with Gasteiger partial charge in [-0.15, -0.1) is 0 Å². The highest BCUT2D eigenvalue weighted by molar-refractivity contribution is 4.77. The van der Waals surface area contributed by atoms with Crippen LogP contribution in [0.25, 0.3) is 0 Å². The summed E-state index contributed by atoms with van der Waals surface area (Å²) in [5, 5.41) is 3.55. The van der Waals surface area contributed by atoms with E-state index < -0.39 is 0 Å². The van der Waals surface area contributed by atoms with Crippen molar-refractivity contribution in [3.63, 3.8) is 0 Å². The van der Waals surface area contributed by atoms with Crippen molar-refractivity contribution in [2.75, 3.05) is 32.8 Å². The van der Waals surface area contributed by atoms with E-state index in [-0.39, 0.29) is 0 Å². The lowest BCUT2D eigenvalue weighted by molar-refractivity contribution is 0.0919. The summed E-state index contributed by atoms with van der Waals surface area (Å²) in [7, 11) is 0. The van der Waals surface area contributed by atoms with Crippen LogP contribution in [-0.4, -0.2) is 49.8 Å². The first-order chi connectivity index (χ1) is 7.67. The van der Waals surface area contributed by atoms with Crippen LogP contribution < -0.4 is 5.32 Å². The third-order valence-corrected chi connectivity index (χ3v) is 3.15. The Bertz CT molecular complexity index is 153. The minimum absolute atomic E-state index is 0.543. The second-order valence-electron chi connectivity index (χ2n) is 4.31. The Morgan fingerprint density at radius 2 is 1.88 bits per heavy atom. The van der Waals surface area contributed by atoms with Gasteiger partial charge in [-0.2, -0.15) is 0 Å². The average Bonchev–Trinajstić information content (AvgIpc) is 2.31. The van der Waals surface area contributed by atoms with Gasteiger partial charge in [-0.05, 0) is 40.3 Å². The van der Waals surface area contributed by atoms with Gasteiger partial charge in [0.1, 0.15) is 0 Å². The second kappa shape index (κ2) is 10.1. The molecule has 0 saturated carbocycles. The third-order valence-electron chi connectivity index (χ3n) is 3.15. The van der Waals surface area contributed by atoms with Gasteiger partial charge in [0, 0.05) is 25.2 Å². The van der Waals surface area contributed by atoms with Crippen LogP contribution in [0.1, 0.15) is 41.0 Å². The molecule has 0 saturated heterocycles.